The van der Waals surface area contributed by atoms with Crippen LogP contribution in [0, 0.1) is 11.8 Å². The van der Waals surface area contributed by atoms with Crippen LogP contribution in [0.4, 0.5) is 24.5 Å². The molecule has 0 bridgehead atoms. The molecule has 40 heavy (non-hydrogen) atoms. The lowest BCUT2D eigenvalue weighted by molar-refractivity contribution is -0.137. The first kappa shape index (κ1) is 25.9. The molecule has 3 aromatic rings. The van der Waals surface area contributed by atoms with E-state index < -0.39 is 58.4 Å². The number of rotatable bonds is 4. The van der Waals surface area contributed by atoms with E-state index in [4.69, 9.17) is 16.3 Å². The first-order valence-electron chi connectivity index (χ1n) is 12.3. The normalized spacial score (nSPS) is 23.1. The summed E-state index contributed by atoms with van der Waals surface area (Å²) < 4.78 is 46.0. The number of anilines is 2. The highest BCUT2D eigenvalue weighted by atomic mass is 35.5. The van der Waals surface area contributed by atoms with Crippen LogP contribution in [0.5, 0.6) is 5.75 Å². The average Bonchev–Trinajstić information content (AvgIpc) is 3.41. The van der Waals surface area contributed by atoms with Gasteiger partial charge in [-0.15, -0.1) is 0 Å². The molecule has 0 saturated carbocycles. The molecular weight excluding hydrogens is 547 g/mol. The maximum atomic E-state index is 13.9. The number of fused-ring (bicyclic) bond motifs is 5. The summed E-state index contributed by atoms with van der Waals surface area (Å²) in [5, 5.41) is 2.26. The number of carbonyl (C=O) groups excluding carboxylic acids is 3. The van der Waals surface area contributed by atoms with Crippen molar-refractivity contribution in [1.82, 2.24) is 4.90 Å². The zero-order valence-corrected chi connectivity index (χ0v) is 21.6. The molecular formula is C29H21ClF3N3O4. The van der Waals surface area contributed by atoms with Gasteiger partial charge in [-0.1, -0.05) is 35.9 Å². The number of ether oxygens (including phenoxy) is 1. The molecule has 2 saturated heterocycles. The molecule has 3 aromatic carbocycles. The molecule has 6 rings (SSSR count). The monoisotopic (exact) mass is 567 g/mol. The molecule has 7 nitrogen and oxygen atoms in total. The van der Waals surface area contributed by atoms with Gasteiger partial charge in [-0.05, 0) is 59.7 Å². The molecule has 0 spiro atoms. The number of hydrogen-bond acceptors (Lipinski definition) is 5. The first-order chi connectivity index (χ1) is 19.1. The Morgan fingerprint density at radius 2 is 1.68 bits per heavy atom. The Bertz CT molecular complexity index is 1570. The van der Waals surface area contributed by atoms with Gasteiger partial charge in [-0.2, -0.15) is 13.2 Å². The van der Waals surface area contributed by atoms with Crippen LogP contribution in [0.25, 0.3) is 6.08 Å². The maximum Gasteiger partial charge on any atom is 0.417 e. The van der Waals surface area contributed by atoms with Gasteiger partial charge in [0.2, 0.25) is 17.7 Å². The number of amides is 3. The molecule has 4 atom stereocenters. The minimum absolute atomic E-state index is 0.248. The quantitative estimate of drug-likeness (QED) is 0.420. The van der Waals surface area contributed by atoms with Gasteiger partial charge >= 0.3 is 6.18 Å². The van der Waals surface area contributed by atoms with Gasteiger partial charge in [0.05, 0.1) is 41.3 Å². The minimum Gasteiger partial charge on any atom is -0.497 e. The molecule has 3 amide bonds. The second-order valence-corrected chi connectivity index (χ2v) is 10.1. The summed E-state index contributed by atoms with van der Waals surface area (Å²) in [5.74, 6) is -3.51. The number of imide groups is 1. The molecule has 0 aliphatic carbocycles. The van der Waals surface area contributed by atoms with E-state index in [1.54, 1.807) is 41.4 Å². The zero-order valence-electron chi connectivity index (χ0n) is 20.9. The Morgan fingerprint density at radius 1 is 0.975 bits per heavy atom. The van der Waals surface area contributed by atoms with E-state index >= 15 is 0 Å². The molecule has 1 N–H and O–H groups in total. The third kappa shape index (κ3) is 4.02. The molecule has 0 unspecified atom stereocenters. The third-order valence-electron chi connectivity index (χ3n) is 7.60. The number of halogens is 4. The van der Waals surface area contributed by atoms with E-state index in [0.717, 1.165) is 22.1 Å². The van der Waals surface area contributed by atoms with Crippen molar-refractivity contribution in [3.8, 4) is 5.75 Å². The smallest absolute Gasteiger partial charge is 0.417 e. The van der Waals surface area contributed by atoms with E-state index in [1.807, 2.05) is 24.3 Å². The SMILES string of the molecule is COc1ccc(NC(=O)[C@H]2[C@@H]3C(=O)N(c4ccc(Cl)c(C(F)(F)F)c4)C(=O)[C@@H]3[C@H]3c4ccccc4C=CN32)cc1. The van der Waals surface area contributed by atoms with Crippen molar-refractivity contribution < 1.29 is 32.3 Å². The van der Waals surface area contributed by atoms with Crippen LogP contribution >= 0.6 is 11.6 Å². The van der Waals surface area contributed by atoms with Gasteiger partial charge in [0, 0.05) is 11.9 Å². The number of benzene rings is 3. The van der Waals surface area contributed by atoms with Crippen LogP contribution in [-0.2, 0) is 20.6 Å². The number of nitrogens with one attached hydrogen (secondary N) is 1. The van der Waals surface area contributed by atoms with Crippen LogP contribution < -0.4 is 15.0 Å². The van der Waals surface area contributed by atoms with E-state index in [1.165, 1.54) is 13.2 Å². The van der Waals surface area contributed by atoms with Crippen molar-refractivity contribution in [2.45, 2.75) is 18.3 Å². The Labute approximate surface area is 231 Å². The number of carbonyl (C=O) groups is 3. The molecule has 3 heterocycles. The number of alkyl halides is 3. The average molecular weight is 568 g/mol. The lowest BCUT2D eigenvalue weighted by Crippen LogP contribution is -2.46. The van der Waals surface area contributed by atoms with Crippen molar-refractivity contribution in [1.29, 1.82) is 0 Å². The molecule has 3 aliphatic heterocycles. The Morgan fingerprint density at radius 3 is 2.38 bits per heavy atom. The molecule has 2 fully saturated rings. The molecule has 11 heteroatoms. The summed E-state index contributed by atoms with van der Waals surface area (Å²) in [6, 6.07) is 15.0. The summed E-state index contributed by atoms with van der Waals surface area (Å²) in [5.41, 5.74) is 0.610. The van der Waals surface area contributed by atoms with Gasteiger partial charge in [-0.25, -0.2) is 4.90 Å². The molecule has 3 aliphatic rings. The van der Waals surface area contributed by atoms with Gasteiger partial charge in [-0.3, -0.25) is 14.4 Å². The molecule has 204 valence electrons. The van der Waals surface area contributed by atoms with Gasteiger partial charge in [0.1, 0.15) is 11.8 Å². The Hall–Kier alpha value is -4.31. The van der Waals surface area contributed by atoms with Gasteiger partial charge < -0.3 is 15.0 Å². The number of methoxy groups -OCH3 is 1. The summed E-state index contributed by atoms with van der Waals surface area (Å²) in [4.78, 5) is 44.0. The largest absolute Gasteiger partial charge is 0.497 e. The van der Waals surface area contributed by atoms with Crippen molar-refractivity contribution in [2.75, 3.05) is 17.3 Å². The first-order valence-corrected chi connectivity index (χ1v) is 12.7. The summed E-state index contributed by atoms with van der Waals surface area (Å²) in [7, 11) is 1.51. The van der Waals surface area contributed by atoms with E-state index in [2.05, 4.69) is 5.32 Å². The summed E-state index contributed by atoms with van der Waals surface area (Å²) in [6.07, 6.45) is -1.29. The topological polar surface area (TPSA) is 79.0 Å². The van der Waals surface area contributed by atoms with Crippen LogP contribution in [0.3, 0.4) is 0 Å². The Kier molecular flexibility index (Phi) is 6.10. The number of hydrogen-bond donors (Lipinski definition) is 1. The number of nitrogens with zero attached hydrogens (tertiary/aromatic N) is 2. The van der Waals surface area contributed by atoms with E-state index in [-0.39, 0.29) is 5.69 Å². The highest BCUT2D eigenvalue weighted by Gasteiger charge is 2.64. The highest BCUT2D eigenvalue weighted by molar-refractivity contribution is 6.32. The maximum absolute atomic E-state index is 13.9. The van der Waals surface area contributed by atoms with Crippen LogP contribution in [-0.4, -0.2) is 35.8 Å². The van der Waals surface area contributed by atoms with Crippen molar-refractivity contribution >= 4 is 46.8 Å². The zero-order chi connectivity index (χ0) is 28.3. The van der Waals surface area contributed by atoms with Crippen molar-refractivity contribution in [3.63, 3.8) is 0 Å². The predicted molar refractivity (Wildman–Crippen MR) is 141 cm³/mol. The standard InChI is InChI=1S/C29H21ClF3N3O4/c1-40-18-9-6-16(7-10-18)34-26(37)25-23-22(24-19-5-3-2-4-15(19)12-13-35(24)25)27(38)36(28(23)39)17-8-11-21(30)20(14-17)29(31,32)33/h2-14,22-25H,1H3,(H,34,37)/t22-,23+,24+,25+/m0/s1. The summed E-state index contributed by atoms with van der Waals surface area (Å²) >= 11 is 5.78. The lowest BCUT2D eigenvalue weighted by Gasteiger charge is -2.35. The predicted octanol–water partition coefficient (Wildman–Crippen LogP) is 5.52. The van der Waals surface area contributed by atoms with E-state index in [9.17, 15) is 27.6 Å². The van der Waals surface area contributed by atoms with Crippen LogP contribution in [0.15, 0.2) is 72.9 Å². The summed E-state index contributed by atoms with van der Waals surface area (Å²) in [6.45, 7) is 0. The second kappa shape index (κ2) is 9.41. The van der Waals surface area contributed by atoms with Crippen LogP contribution in [0.2, 0.25) is 5.02 Å². The lowest BCUT2D eigenvalue weighted by atomic mass is 9.84. The molecule has 0 radical (unpaired) electrons. The second-order valence-electron chi connectivity index (χ2n) is 9.72. The van der Waals surface area contributed by atoms with Crippen molar-refractivity contribution in [3.05, 3.63) is 94.6 Å². The Balaban J connectivity index is 1.42. The van der Waals surface area contributed by atoms with Crippen molar-refractivity contribution in [2.24, 2.45) is 11.8 Å². The van der Waals surface area contributed by atoms with E-state index in [0.29, 0.717) is 17.5 Å². The fourth-order valence-corrected chi connectivity index (χ4v) is 6.10. The highest BCUT2D eigenvalue weighted by Crippen LogP contribution is 2.53. The fraction of sp³-hybridized carbons (Fsp3) is 0.207. The minimum atomic E-state index is -4.79. The van der Waals surface area contributed by atoms with Gasteiger partial charge in [0.25, 0.3) is 0 Å². The third-order valence-corrected chi connectivity index (χ3v) is 7.93. The molecule has 0 aromatic heterocycles. The van der Waals surface area contributed by atoms with Gasteiger partial charge in [0.15, 0.2) is 0 Å². The van der Waals surface area contributed by atoms with Crippen LogP contribution in [0.1, 0.15) is 22.7 Å². The fourth-order valence-electron chi connectivity index (χ4n) is 5.87.